The quantitative estimate of drug-likeness (QED) is 0.736. The highest BCUT2D eigenvalue weighted by molar-refractivity contribution is 7.91. The van der Waals surface area contributed by atoms with Crippen LogP contribution in [0.1, 0.15) is 19.8 Å². The number of hydrogen-bond donors (Lipinski definition) is 1. The van der Waals surface area contributed by atoms with E-state index in [1.54, 1.807) is 0 Å². The van der Waals surface area contributed by atoms with Gasteiger partial charge in [0.2, 0.25) is 0 Å². The molecule has 2 fully saturated rings. The van der Waals surface area contributed by atoms with Gasteiger partial charge in [0, 0.05) is 25.2 Å². The molecule has 0 aromatic carbocycles. The minimum absolute atomic E-state index is 0.265. The van der Waals surface area contributed by atoms with Crippen LogP contribution >= 0.6 is 0 Å². The van der Waals surface area contributed by atoms with Crippen molar-refractivity contribution in [3.8, 4) is 0 Å². The lowest BCUT2D eigenvalue weighted by Gasteiger charge is -2.43. The molecule has 2 rings (SSSR count). The molecule has 88 valence electrons. The molecular formula is C10H20N2O2S. The van der Waals surface area contributed by atoms with Crippen LogP contribution in [0, 0.1) is 0 Å². The van der Waals surface area contributed by atoms with Crippen molar-refractivity contribution >= 4 is 9.84 Å². The molecule has 2 heterocycles. The van der Waals surface area contributed by atoms with Crippen molar-refractivity contribution in [3.05, 3.63) is 0 Å². The molecule has 1 unspecified atom stereocenters. The second-order valence-electron chi connectivity index (χ2n) is 4.55. The molecule has 2 aliphatic rings. The average molecular weight is 232 g/mol. The fourth-order valence-corrected chi connectivity index (χ4v) is 4.30. The molecule has 0 aromatic rings. The van der Waals surface area contributed by atoms with Crippen molar-refractivity contribution < 1.29 is 8.42 Å². The zero-order valence-corrected chi connectivity index (χ0v) is 10.1. The van der Waals surface area contributed by atoms with E-state index in [0.29, 0.717) is 17.5 Å². The van der Waals surface area contributed by atoms with Gasteiger partial charge in [0.1, 0.15) is 0 Å². The Labute approximate surface area is 91.9 Å². The molecule has 0 saturated carbocycles. The van der Waals surface area contributed by atoms with Gasteiger partial charge >= 0.3 is 0 Å². The Morgan fingerprint density at radius 2 is 2.07 bits per heavy atom. The average Bonchev–Trinajstić information content (AvgIpc) is 2.09. The topological polar surface area (TPSA) is 49.4 Å². The lowest BCUT2D eigenvalue weighted by atomic mass is 10.1. The first-order valence-corrected chi connectivity index (χ1v) is 7.61. The smallest absolute Gasteiger partial charge is 0.151 e. The molecule has 1 atom stereocenters. The Balaban J connectivity index is 2.01. The molecule has 4 nitrogen and oxygen atoms in total. The minimum atomic E-state index is -2.77. The summed E-state index contributed by atoms with van der Waals surface area (Å²) in [5, 5.41) is 3.24. The number of rotatable bonds is 3. The van der Waals surface area contributed by atoms with E-state index in [2.05, 4.69) is 17.1 Å². The van der Waals surface area contributed by atoms with Gasteiger partial charge in [-0.3, -0.25) is 4.90 Å². The van der Waals surface area contributed by atoms with Gasteiger partial charge in [0.25, 0.3) is 0 Å². The van der Waals surface area contributed by atoms with E-state index in [1.807, 2.05) is 0 Å². The molecule has 0 spiro atoms. The third-order valence-electron chi connectivity index (χ3n) is 3.50. The van der Waals surface area contributed by atoms with Gasteiger partial charge in [0.05, 0.1) is 11.5 Å². The van der Waals surface area contributed by atoms with Crippen LogP contribution in [0.25, 0.3) is 0 Å². The van der Waals surface area contributed by atoms with Gasteiger partial charge in [-0.15, -0.1) is 0 Å². The lowest BCUT2D eigenvalue weighted by Crippen LogP contribution is -2.61. The van der Waals surface area contributed by atoms with E-state index in [9.17, 15) is 8.42 Å². The fraction of sp³-hybridized carbons (Fsp3) is 1.00. The molecule has 2 saturated heterocycles. The van der Waals surface area contributed by atoms with Crippen LogP contribution < -0.4 is 5.32 Å². The molecule has 2 aliphatic heterocycles. The Morgan fingerprint density at radius 1 is 1.33 bits per heavy atom. The predicted molar refractivity (Wildman–Crippen MR) is 60.7 cm³/mol. The van der Waals surface area contributed by atoms with Gasteiger partial charge in [-0.05, 0) is 19.4 Å². The van der Waals surface area contributed by atoms with Crippen molar-refractivity contribution in [2.45, 2.75) is 31.8 Å². The Kier molecular flexibility index (Phi) is 3.33. The van der Waals surface area contributed by atoms with Crippen LogP contribution in [0.5, 0.6) is 0 Å². The summed E-state index contributed by atoms with van der Waals surface area (Å²) in [5.74, 6) is 0.765. The zero-order chi connectivity index (χ0) is 10.9. The van der Waals surface area contributed by atoms with Crippen molar-refractivity contribution in [1.29, 1.82) is 0 Å². The molecule has 5 heteroatoms. The predicted octanol–water partition coefficient (Wildman–Crippen LogP) is -0.143. The summed E-state index contributed by atoms with van der Waals surface area (Å²) in [7, 11) is -2.77. The summed E-state index contributed by atoms with van der Waals surface area (Å²) in [5.41, 5.74) is 0. The van der Waals surface area contributed by atoms with Crippen molar-refractivity contribution in [3.63, 3.8) is 0 Å². The second kappa shape index (κ2) is 4.39. The van der Waals surface area contributed by atoms with Crippen molar-refractivity contribution in [1.82, 2.24) is 10.2 Å². The van der Waals surface area contributed by atoms with Gasteiger partial charge in [-0.1, -0.05) is 6.92 Å². The summed E-state index contributed by atoms with van der Waals surface area (Å²) >= 11 is 0. The van der Waals surface area contributed by atoms with Gasteiger partial charge < -0.3 is 5.32 Å². The SMILES string of the molecule is CCN(C1CNC1)C1CCCS(=O)(=O)C1. The number of hydrogen-bond acceptors (Lipinski definition) is 4. The van der Waals surface area contributed by atoms with Crippen molar-refractivity contribution in [2.24, 2.45) is 0 Å². The summed E-state index contributed by atoms with van der Waals surface area (Å²) in [6.45, 7) is 5.13. The number of nitrogens with zero attached hydrogens (tertiary/aromatic N) is 1. The van der Waals surface area contributed by atoms with E-state index in [1.165, 1.54) is 0 Å². The van der Waals surface area contributed by atoms with E-state index in [-0.39, 0.29) is 6.04 Å². The van der Waals surface area contributed by atoms with E-state index in [0.717, 1.165) is 32.5 Å². The zero-order valence-electron chi connectivity index (χ0n) is 9.28. The van der Waals surface area contributed by atoms with Crippen LogP contribution in [0.2, 0.25) is 0 Å². The Bertz CT molecular complexity index is 311. The summed E-state index contributed by atoms with van der Waals surface area (Å²) in [4.78, 5) is 2.37. The monoisotopic (exact) mass is 232 g/mol. The van der Waals surface area contributed by atoms with E-state index < -0.39 is 9.84 Å². The summed E-state index contributed by atoms with van der Waals surface area (Å²) in [6.07, 6.45) is 1.88. The summed E-state index contributed by atoms with van der Waals surface area (Å²) in [6, 6.07) is 0.828. The largest absolute Gasteiger partial charge is 0.314 e. The number of nitrogens with one attached hydrogen (secondary N) is 1. The van der Waals surface area contributed by atoms with Gasteiger partial charge in [-0.25, -0.2) is 8.42 Å². The normalized spacial score (nSPS) is 31.5. The highest BCUT2D eigenvalue weighted by Crippen LogP contribution is 2.20. The van der Waals surface area contributed by atoms with E-state index >= 15 is 0 Å². The molecular weight excluding hydrogens is 212 g/mol. The van der Waals surface area contributed by atoms with Crippen LogP contribution in [0.3, 0.4) is 0 Å². The first-order chi connectivity index (χ1) is 7.12. The second-order valence-corrected chi connectivity index (χ2v) is 6.78. The molecule has 0 aromatic heterocycles. The van der Waals surface area contributed by atoms with Gasteiger partial charge in [0.15, 0.2) is 9.84 Å². The summed E-state index contributed by atoms with van der Waals surface area (Å²) < 4.78 is 23.1. The highest BCUT2D eigenvalue weighted by atomic mass is 32.2. The first kappa shape index (κ1) is 11.4. The molecule has 15 heavy (non-hydrogen) atoms. The molecule has 0 radical (unpaired) electrons. The maximum Gasteiger partial charge on any atom is 0.151 e. The molecule has 0 bridgehead atoms. The van der Waals surface area contributed by atoms with Crippen LogP contribution in [0.4, 0.5) is 0 Å². The standard InChI is InChI=1S/C10H20N2O2S/c1-2-12(10-6-11-7-10)9-4-3-5-15(13,14)8-9/h9-11H,2-8H2,1H3. The first-order valence-electron chi connectivity index (χ1n) is 5.79. The number of likely N-dealkylation sites (N-methyl/N-ethyl adjacent to an activating group) is 1. The third kappa shape index (κ3) is 2.52. The Hall–Kier alpha value is -0.130. The Morgan fingerprint density at radius 3 is 2.53 bits per heavy atom. The van der Waals surface area contributed by atoms with E-state index in [4.69, 9.17) is 0 Å². The third-order valence-corrected chi connectivity index (χ3v) is 5.31. The fourth-order valence-electron chi connectivity index (χ4n) is 2.58. The van der Waals surface area contributed by atoms with Crippen LogP contribution in [-0.2, 0) is 9.84 Å². The van der Waals surface area contributed by atoms with Crippen molar-refractivity contribution in [2.75, 3.05) is 31.1 Å². The minimum Gasteiger partial charge on any atom is -0.314 e. The number of sulfone groups is 1. The highest BCUT2D eigenvalue weighted by Gasteiger charge is 2.34. The van der Waals surface area contributed by atoms with Gasteiger partial charge in [-0.2, -0.15) is 0 Å². The van der Waals surface area contributed by atoms with Crippen LogP contribution in [0.15, 0.2) is 0 Å². The molecule has 0 aliphatic carbocycles. The molecule has 1 N–H and O–H groups in total. The maximum atomic E-state index is 11.6. The van der Waals surface area contributed by atoms with Crippen LogP contribution in [-0.4, -0.2) is 56.5 Å². The molecule has 0 amide bonds. The maximum absolute atomic E-state index is 11.6. The lowest BCUT2D eigenvalue weighted by molar-refractivity contribution is 0.104.